The number of methoxy groups -OCH3 is 2. The van der Waals surface area contributed by atoms with Gasteiger partial charge in [0.2, 0.25) is 10.0 Å². The SMILES string of the molecule is COc1ccc(CNS(=O)(=O)C(c2ccc(Br)cc2)C(C)(C)O)c(OC)c1. The number of hydrogen-bond acceptors (Lipinski definition) is 5. The third-order valence-electron chi connectivity index (χ3n) is 4.08. The molecule has 27 heavy (non-hydrogen) atoms. The number of ether oxygens (including phenoxy) is 2. The summed E-state index contributed by atoms with van der Waals surface area (Å²) in [6, 6.07) is 12.0. The molecule has 0 radical (unpaired) electrons. The van der Waals surface area contributed by atoms with Crippen LogP contribution in [0.25, 0.3) is 0 Å². The van der Waals surface area contributed by atoms with E-state index in [4.69, 9.17) is 9.47 Å². The summed E-state index contributed by atoms with van der Waals surface area (Å²) in [7, 11) is -0.834. The summed E-state index contributed by atoms with van der Waals surface area (Å²) in [6.07, 6.45) is 0. The second kappa shape index (κ2) is 8.60. The first kappa shape index (κ1) is 21.7. The Balaban J connectivity index is 2.31. The van der Waals surface area contributed by atoms with Crippen molar-refractivity contribution < 1.29 is 23.0 Å². The molecular weight excluding hydrogens is 434 g/mol. The van der Waals surface area contributed by atoms with E-state index in [1.54, 1.807) is 49.6 Å². The third-order valence-corrected chi connectivity index (χ3v) is 6.63. The van der Waals surface area contributed by atoms with Gasteiger partial charge < -0.3 is 14.6 Å². The first-order valence-corrected chi connectivity index (χ1v) is 10.6. The number of sulfonamides is 1. The van der Waals surface area contributed by atoms with Crippen molar-refractivity contribution in [3.05, 3.63) is 58.1 Å². The van der Waals surface area contributed by atoms with Crippen LogP contribution >= 0.6 is 15.9 Å². The lowest BCUT2D eigenvalue weighted by molar-refractivity contribution is 0.0743. The molecule has 2 aromatic carbocycles. The fourth-order valence-corrected chi connectivity index (χ4v) is 4.93. The molecule has 0 saturated heterocycles. The van der Waals surface area contributed by atoms with E-state index in [2.05, 4.69) is 20.7 Å². The standard InChI is InChI=1S/C19H24BrNO5S/c1-19(2,22)18(13-5-8-15(20)9-6-13)27(23,24)21-12-14-7-10-16(25-3)11-17(14)26-4/h5-11,18,21-22H,12H2,1-4H3. The van der Waals surface area contributed by atoms with Crippen LogP contribution in [0.4, 0.5) is 0 Å². The van der Waals surface area contributed by atoms with Crippen LogP contribution in [0.2, 0.25) is 0 Å². The van der Waals surface area contributed by atoms with Gasteiger partial charge in [-0.05, 0) is 37.6 Å². The summed E-state index contributed by atoms with van der Waals surface area (Å²) >= 11 is 3.33. The van der Waals surface area contributed by atoms with Crippen LogP contribution in [-0.2, 0) is 16.6 Å². The Bertz CT molecular complexity index is 876. The molecule has 6 nitrogen and oxygen atoms in total. The van der Waals surface area contributed by atoms with Crippen molar-refractivity contribution in [1.29, 1.82) is 0 Å². The molecule has 0 aliphatic carbocycles. The van der Waals surface area contributed by atoms with Gasteiger partial charge in [0.15, 0.2) is 0 Å². The Kier molecular flexibility index (Phi) is 6.91. The van der Waals surface area contributed by atoms with Gasteiger partial charge in [0.05, 0.1) is 19.8 Å². The molecule has 0 saturated carbocycles. The smallest absolute Gasteiger partial charge is 0.221 e. The highest BCUT2D eigenvalue weighted by molar-refractivity contribution is 9.10. The second-order valence-corrected chi connectivity index (χ2v) is 9.39. The van der Waals surface area contributed by atoms with Gasteiger partial charge in [-0.3, -0.25) is 0 Å². The van der Waals surface area contributed by atoms with Crippen LogP contribution in [0.3, 0.4) is 0 Å². The highest BCUT2D eigenvalue weighted by Gasteiger charge is 2.39. The minimum absolute atomic E-state index is 0.0264. The maximum atomic E-state index is 13.0. The summed E-state index contributed by atoms with van der Waals surface area (Å²) in [5.74, 6) is 1.13. The highest BCUT2D eigenvalue weighted by Crippen LogP contribution is 2.34. The topological polar surface area (TPSA) is 84.9 Å². The van der Waals surface area contributed by atoms with Gasteiger partial charge in [-0.1, -0.05) is 34.1 Å². The zero-order valence-electron chi connectivity index (χ0n) is 15.7. The zero-order chi connectivity index (χ0) is 20.2. The molecule has 1 atom stereocenters. The molecule has 0 aliphatic heterocycles. The molecule has 0 fully saturated rings. The van der Waals surface area contributed by atoms with E-state index >= 15 is 0 Å². The van der Waals surface area contributed by atoms with Crippen LogP contribution in [0.5, 0.6) is 11.5 Å². The number of hydrogen-bond donors (Lipinski definition) is 2. The molecule has 148 valence electrons. The van der Waals surface area contributed by atoms with Gasteiger partial charge in [0.25, 0.3) is 0 Å². The van der Waals surface area contributed by atoms with Crippen molar-refractivity contribution in [3.8, 4) is 11.5 Å². The van der Waals surface area contributed by atoms with E-state index in [1.807, 2.05) is 0 Å². The molecule has 1 unspecified atom stereocenters. The molecule has 2 aromatic rings. The Morgan fingerprint density at radius 1 is 1.11 bits per heavy atom. The van der Waals surface area contributed by atoms with Crippen LogP contribution in [0, 0.1) is 0 Å². The van der Waals surface area contributed by atoms with Gasteiger partial charge in [0, 0.05) is 22.6 Å². The van der Waals surface area contributed by atoms with Crippen molar-refractivity contribution in [2.24, 2.45) is 0 Å². The van der Waals surface area contributed by atoms with Crippen molar-refractivity contribution in [3.63, 3.8) is 0 Å². The Labute approximate surface area is 168 Å². The molecular formula is C19H24BrNO5S. The third kappa shape index (κ3) is 5.44. The monoisotopic (exact) mass is 457 g/mol. The van der Waals surface area contributed by atoms with Crippen molar-refractivity contribution >= 4 is 26.0 Å². The Morgan fingerprint density at radius 3 is 2.26 bits per heavy atom. The number of benzene rings is 2. The van der Waals surface area contributed by atoms with Crippen molar-refractivity contribution in [2.45, 2.75) is 31.2 Å². The van der Waals surface area contributed by atoms with Gasteiger partial charge in [0.1, 0.15) is 16.7 Å². The summed E-state index contributed by atoms with van der Waals surface area (Å²) < 4.78 is 39.9. The summed E-state index contributed by atoms with van der Waals surface area (Å²) in [4.78, 5) is 0. The van der Waals surface area contributed by atoms with Gasteiger partial charge >= 0.3 is 0 Å². The highest BCUT2D eigenvalue weighted by atomic mass is 79.9. The predicted molar refractivity (Wildman–Crippen MR) is 108 cm³/mol. The minimum atomic E-state index is -3.89. The summed E-state index contributed by atoms with van der Waals surface area (Å²) in [6.45, 7) is 2.98. The number of rotatable bonds is 8. The average Bonchev–Trinajstić information content (AvgIpc) is 2.60. The van der Waals surface area contributed by atoms with Gasteiger partial charge in [-0.25, -0.2) is 13.1 Å². The van der Waals surface area contributed by atoms with Crippen LogP contribution in [-0.4, -0.2) is 33.3 Å². The van der Waals surface area contributed by atoms with Crippen LogP contribution in [0.1, 0.15) is 30.2 Å². The second-order valence-electron chi connectivity index (χ2n) is 6.63. The maximum absolute atomic E-state index is 13.0. The normalized spacial score (nSPS) is 13.3. The van der Waals surface area contributed by atoms with E-state index in [1.165, 1.54) is 21.0 Å². The molecule has 0 amide bonds. The van der Waals surface area contributed by atoms with Crippen LogP contribution < -0.4 is 14.2 Å². The predicted octanol–water partition coefficient (Wildman–Crippen LogP) is 3.40. The van der Waals surface area contributed by atoms with E-state index < -0.39 is 20.9 Å². The summed E-state index contributed by atoms with van der Waals surface area (Å²) in [5, 5.41) is 9.39. The fraction of sp³-hybridized carbons (Fsp3) is 0.368. The lowest BCUT2D eigenvalue weighted by atomic mass is 9.98. The number of halogens is 1. The quantitative estimate of drug-likeness (QED) is 0.634. The van der Waals surface area contributed by atoms with E-state index in [9.17, 15) is 13.5 Å². The number of nitrogens with one attached hydrogen (secondary N) is 1. The molecule has 2 rings (SSSR count). The molecule has 0 bridgehead atoms. The zero-order valence-corrected chi connectivity index (χ0v) is 18.1. The van der Waals surface area contributed by atoms with Crippen molar-refractivity contribution in [1.82, 2.24) is 4.72 Å². The lowest BCUT2D eigenvalue weighted by Gasteiger charge is -2.29. The molecule has 0 spiro atoms. The van der Waals surface area contributed by atoms with Crippen molar-refractivity contribution in [2.75, 3.05) is 14.2 Å². The first-order valence-electron chi connectivity index (χ1n) is 8.25. The molecule has 8 heteroatoms. The fourth-order valence-electron chi connectivity index (χ4n) is 2.86. The summed E-state index contributed by atoms with van der Waals surface area (Å²) in [5.41, 5.74) is -0.323. The van der Waals surface area contributed by atoms with E-state index in [-0.39, 0.29) is 6.54 Å². The minimum Gasteiger partial charge on any atom is -0.497 e. The molecule has 2 N–H and O–H groups in total. The molecule has 0 heterocycles. The van der Waals surface area contributed by atoms with E-state index in [0.717, 1.165) is 4.47 Å². The van der Waals surface area contributed by atoms with Gasteiger partial charge in [-0.2, -0.15) is 0 Å². The average molecular weight is 458 g/mol. The molecule has 0 aliphatic rings. The Morgan fingerprint density at radius 2 is 1.74 bits per heavy atom. The van der Waals surface area contributed by atoms with E-state index in [0.29, 0.717) is 22.6 Å². The maximum Gasteiger partial charge on any atom is 0.221 e. The first-order chi connectivity index (χ1) is 12.6. The van der Waals surface area contributed by atoms with Crippen LogP contribution in [0.15, 0.2) is 46.9 Å². The lowest BCUT2D eigenvalue weighted by Crippen LogP contribution is -2.40. The largest absolute Gasteiger partial charge is 0.497 e. The Hall–Kier alpha value is -1.61. The van der Waals surface area contributed by atoms with Gasteiger partial charge in [-0.15, -0.1) is 0 Å². The molecule has 0 aromatic heterocycles. The number of aliphatic hydroxyl groups is 1.